The third-order valence-corrected chi connectivity index (χ3v) is 3.51. The van der Waals surface area contributed by atoms with Gasteiger partial charge in [0, 0.05) is 12.1 Å². The highest BCUT2D eigenvalue weighted by Crippen LogP contribution is 2.31. The first-order valence-corrected chi connectivity index (χ1v) is 8.06. The molecule has 0 fully saturated rings. The highest BCUT2D eigenvalue weighted by atomic mass is 32.2. The van der Waals surface area contributed by atoms with Crippen LogP contribution in [0.1, 0.15) is 5.56 Å². The summed E-state index contributed by atoms with van der Waals surface area (Å²) in [5.74, 6) is 0.862. The van der Waals surface area contributed by atoms with Crippen LogP contribution in [0.5, 0.6) is 11.5 Å². The van der Waals surface area contributed by atoms with Crippen molar-refractivity contribution in [3.05, 3.63) is 58.1 Å². The Morgan fingerprint density at radius 2 is 2.00 bits per heavy atom. The standard InChI is InChI=1S/C16H14N4O3S/c1-11-3-5-14(6-4-11)23-15-8-12(7-13(9-15)20(21)22)19-16(24-2)18-10-17/h3-9H,1-2H3,(H,18,19). The predicted molar refractivity (Wildman–Crippen MR) is 93.7 cm³/mol. The van der Waals surface area contributed by atoms with Crippen molar-refractivity contribution in [2.24, 2.45) is 4.99 Å². The van der Waals surface area contributed by atoms with Crippen molar-refractivity contribution in [3.8, 4) is 17.7 Å². The zero-order valence-electron chi connectivity index (χ0n) is 13.0. The maximum atomic E-state index is 11.1. The van der Waals surface area contributed by atoms with Crippen molar-refractivity contribution in [3.63, 3.8) is 0 Å². The fourth-order valence-corrected chi connectivity index (χ4v) is 2.17. The summed E-state index contributed by atoms with van der Waals surface area (Å²) in [5.41, 5.74) is 1.26. The average Bonchev–Trinajstić information content (AvgIpc) is 2.56. The third-order valence-electron chi connectivity index (χ3n) is 2.93. The van der Waals surface area contributed by atoms with Crippen molar-refractivity contribution in [2.45, 2.75) is 6.92 Å². The number of nitrogens with zero attached hydrogens (tertiary/aromatic N) is 3. The fraction of sp³-hybridized carbons (Fsp3) is 0.125. The van der Waals surface area contributed by atoms with E-state index in [-0.39, 0.29) is 5.69 Å². The second-order valence-corrected chi connectivity index (χ2v) is 5.51. The molecule has 0 saturated carbocycles. The van der Waals surface area contributed by atoms with Crippen LogP contribution in [0.4, 0.5) is 11.4 Å². The molecule has 0 aliphatic rings. The molecule has 0 bridgehead atoms. The van der Waals surface area contributed by atoms with Gasteiger partial charge < -0.3 is 4.74 Å². The second-order valence-electron chi connectivity index (χ2n) is 4.72. The number of hydrogen-bond acceptors (Lipinski definition) is 6. The van der Waals surface area contributed by atoms with Gasteiger partial charge in [0.05, 0.1) is 16.7 Å². The van der Waals surface area contributed by atoms with Crippen molar-refractivity contribution in [1.82, 2.24) is 5.32 Å². The number of nitro groups is 1. The first kappa shape index (κ1) is 17.3. The minimum Gasteiger partial charge on any atom is -0.457 e. The van der Waals surface area contributed by atoms with Gasteiger partial charge in [0.2, 0.25) is 0 Å². The number of aliphatic imine (C=N–C) groups is 1. The zero-order valence-corrected chi connectivity index (χ0v) is 13.8. The number of thioether (sulfide) groups is 1. The Hall–Kier alpha value is -3.05. The van der Waals surface area contributed by atoms with Crippen LogP contribution in [0, 0.1) is 28.5 Å². The van der Waals surface area contributed by atoms with Gasteiger partial charge in [-0.25, -0.2) is 4.99 Å². The lowest BCUT2D eigenvalue weighted by Crippen LogP contribution is -2.12. The second kappa shape index (κ2) is 7.99. The Labute approximate surface area is 143 Å². The Kier molecular flexibility index (Phi) is 5.76. The number of nitro benzene ring substituents is 1. The highest BCUT2D eigenvalue weighted by Gasteiger charge is 2.12. The Morgan fingerprint density at radius 3 is 2.58 bits per heavy atom. The van der Waals surface area contributed by atoms with Crippen LogP contribution in [0.2, 0.25) is 0 Å². The quantitative estimate of drug-likeness (QED) is 0.224. The van der Waals surface area contributed by atoms with Gasteiger partial charge in [0.1, 0.15) is 11.5 Å². The summed E-state index contributed by atoms with van der Waals surface area (Å²) >= 11 is 1.22. The summed E-state index contributed by atoms with van der Waals surface area (Å²) in [6.45, 7) is 1.95. The minimum atomic E-state index is -0.516. The van der Waals surface area contributed by atoms with Gasteiger partial charge in [0.15, 0.2) is 11.4 Å². The molecule has 0 radical (unpaired) electrons. The first-order valence-electron chi connectivity index (χ1n) is 6.83. The molecule has 24 heavy (non-hydrogen) atoms. The molecule has 2 rings (SSSR count). The Balaban J connectivity index is 2.39. The van der Waals surface area contributed by atoms with Crippen LogP contribution in [0.3, 0.4) is 0 Å². The lowest BCUT2D eigenvalue weighted by atomic mass is 10.2. The van der Waals surface area contributed by atoms with Crippen LogP contribution in [-0.2, 0) is 0 Å². The van der Waals surface area contributed by atoms with Crippen LogP contribution in [-0.4, -0.2) is 16.3 Å². The van der Waals surface area contributed by atoms with Crippen LogP contribution in [0.15, 0.2) is 47.5 Å². The molecular weight excluding hydrogens is 328 g/mol. The normalized spacial score (nSPS) is 10.8. The predicted octanol–water partition coefficient (Wildman–Crippen LogP) is 4.12. The minimum absolute atomic E-state index is 0.143. The molecule has 2 aromatic carbocycles. The molecular formula is C16H14N4O3S. The molecule has 0 aliphatic heterocycles. The Morgan fingerprint density at radius 1 is 1.29 bits per heavy atom. The largest absolute Gasteiger partial charge is 0.457 e. The van der Waals surface area contributed by atoms with Gasteiger partial charge in [-0.15, -0.1) is 0 Å². The molecule has 0 unspecified atom stereocenters. The van der Waals surface area contributed by atoms with E-state index in [0.717, 1.165) is 5.56 Å². The van der Waals surface area contributed by atoms with E-state index in [1.807, 2.05) is 19.1 Å². The molecule has 7 nitrogen and oxygen atoms in total. The van der Waals surface area contributed by atoms with Crippen LogP contribution < -0.4 is 10.1 Å². The number of aryl methyl sites for hydroxylation is 1. The van der Waals surface area contributed by atoms with Crippen molar-refractivity contribution < 1.29 is 9.66 Å². The molecule has 0 saturated heterocycles. The van der Waals surface area contributed by atoms with E-state index >= 15 is 0 Å². The molecule has 0 amide bonds. The third kappa shape index (κ3) is 4.72. The lowest BCUT2D eigenvalue weighted by molar-refractivity contribution is -0.384. The number of hydrogen-bond donors (Lipinski definition) is 1. The molecule has 8 heteroatoms. The highest BCUT2D eigenvalue weighted by molar-refractivity contribution is 8.13. The van der Waals surface area contributed by atoms with E-state index in [0.29, 0.717) is 22.4 Å². The number of amidine groups is 1. The van der Waals surface area contributed by atoms with Crippen molar-refractivity contribution in [2.75, 3.05) is 6.26 Å². The van der Waals surface area contributed by atoms with Gasteiger partial charge in [-0.1, -0.05) is 29.5 Å². The van der Waals surface area contributed by atoms with E-state index in [1.54, 1.807) is 30.6 Å². The van der Waals surface area contributed by atoms with Gasteiger partial charge in [-0.3, -0.25) is 15.4 Å². The molecule has 0 spiro atoms. The van der Waals surface area contributed by atoms with Crippen molar-refractivity contribution in [1.29, 1.82) is 5.26 Å². The van der Waals surface area contributed by atoms with Crippen LogP contribution >= 0.6 is 11.8 Å². The number of nitriles is 1. The molecule has 0 heterocycles. The molecule has 0 aliphatic carbocycles. The summed E-state index contributed by atoms with van der Waals surface area (Å²) in [7, 11) is 0. The zero-order chi connectivity index (χ0) is 17.5. The van der Waals surface area contributed by atoms with Crippen molar-refractivity contribution >= 4 is 28.3 Å². The van der Waals surface area contributed by atoms with E-state index in [2.05, 4.69) is 10.3 Å². The number of ether oxygens (including phenoxy) is 1. The number of non-ortho nitro benzene ring substituents is 1. The van der Waals surface area contributed by atoms with Gasteiger partial charge in [0.25, 0.3) is 5.69 Å². The van der Waals surface area contributed by atoms with E-state index in [9.17, 15) is 10.1 Å². The topological polar surface area (TPSA) is 101 Å². The van der Waals surface area contributed by atoms with Gasteiger partial charge in [-0.05, 0) is 25.3 Å². The maximum absolute atomic E-state index is 11.1. The maximum Gasteiger partial charge on any atom is 0.275 e. The van der Waals surface area contributed by atoms with E-state index < -0.39 is 4.92 Å². The van der Waals surface area contributed by atoms with Crippen LogP contribution in [0.25, 0.3) is 0 Å². The fourth-order valence-electron chi connectivity index (χ4n) is 1.83. The van der Waals surface area contributed by atoms with Gasteiger partial charge >= 0.3 is 0 Å². The summed E-state index contributed by atoms with van der Waals surface area (Å²) < 4.78 is 5.67. The average molecular weight is 342 g/mol. The van der Waals surface area contributed by atoms with E-state index in [1.165, 1.54) is 23.9 Å². The summed E-state index contributed by atoms with van der Waals surface area (Å²) in [5, 5.41) is 22.5. The lowest BCUT2D eigenvalue weighted by Gasteiger charge is -2.07. The summed E-state index contributed by atoms with van der Waals surface area (Å²) in [4.78, 5) is 14.8. The molecule has 2 aromatic rings. The smallest absolute Gasteiger partial charge is 0.275 e. The number of nitrogens with one attached hydrogen (secondary N) is 1. The molecule has 0 atom stereocenters. The summed E-state index contributed by atoms with van der Waals surface area (Å²) in [6.07, 6.45) is 3.51. The van der Waals surface area contributed by atoms with Gasteiger partial charge in [-0.2, -0.15) is 5.26 Å². The van der Waals surface area contributed by atoms with E-state index in [4.69, 9.17) is 10.00 Å². The first-order chi connectivity index (χ1) is 11.5. The summed E-state index contributed by atoms with van der Waals surface area (Å²) in [6, 6.07) is 11.5. The number of rotatable bonds is 4. The molecule has 1 N–H and O–H groups in total. The molecule has 122 valence electrons. The SMILES string of the molecule is CSC(=Nc1cc(Oc2ccc(C)cc2)cc([N+](=O)[O-])c1)NC#N. The monoisotopic (exact) mass is 342 g/mol. The molecule has 0 aromatic heterocycles. The number of benzene rings is 2. The Bertz CT molecular complexity index is 813.